The highest BCUT2D eigenvalue weighted by atomic mass is 35.5. The first-order valence-corrected chi connectivity index (χ1v) is 29.4. The maximum absolute atomic E-state index is 13.2. The van der Waals surface area contributed by atoms with Crippen molar-refractivity contribution in [1.29, 1.82) is 0 Å². The van der Waals surface area contributed by atoms with Crippen LogP contribution < -0.4 is 0 Å². The molecule has 0 aromatic rings. The molecule has 3 rings (SSSR count). The van der Waals surface area contributed by atoms with Gasteiger partial charge in [-0.1, -0.05) is 127 Å². The van der Waals surface area contributed by atoms with Crippen molar-refractivity contribution in [3.8, 4) is 0 Å². The van der Waals surface area contributed by atoms with Crippen LogP contribution in [0.1, 0.15) is 180 Å². The zero-order chi connectivity index (χ0) is 60.7. The summed E-state index contributed by atoms with van der Waals surface area (Å²) in [5.74, 6) is -3.48. The van der Waals surface area contributed by atoms with Gasteiger partial charge in [-0.25, -0.2) is 0 Å². The van der Waals surface area contributed by atoms with Gasteiger partial charge in [0, 0.05) is 85.8 Å². The van der Waals surface area contributed by atoms with E-state index in [4.69, 9.17) is 49.0 Å². The number of Topliss-reactive ketones (excluding diaryl/α,β-unsaturated/α-hetero) is 3. The summed E-state index contributed by atoms with van der Waals surface area (Å²) in [5, 5.41) is 0.0744. The third-order valence-corrected chi connectivity index (χ3v) is 14.8. The first-order valence-electron chi connectivity index (χ1n) is 28.3. The van der Waals surface area contributed by atoms with Crippen molar-refractivity contribution in [3.63, 3.8) is 0 Å². The molecule has 0 heterocycles. The molecule has 0 saturated heterocycles. The minimum Gasteiger partial charge on any atom is -0.464 e. The lowest BCUT2D eigenvalue weighted by molar-refractivity contribution is -0.150. The van der Waals surface area contributed by atoms with E-state index >= 15 is 0 Å². The van der Waals surface area contributed by atoms with Crippen LogP contribution in [0.25, 0.3) is 0 Å². The van der Waals surface area contributed by atoms with Gasteiger partial charge >= 0.3 is 30.5 Å². The quantitative estimate of drug-likeness (QED) is 0.0112. The number of carbonyl (C=O) groups is 6. The van der Waals surface area contributed by atoms with Crippen LogP contribution >= 0.6 is 34.8 Å². The normalized spacial score (nSPS) is 20.7. The van der Waals surface area contributed by atoms with E-state index in [0.717, 1.165) is 19.3 Å². The predicted octanol–water partition coefficient (Wildman–Crippen LogP) is 18.0. The van der Waals surface area contributed by atoms with Crippen molar-refractivity contribution in [1.82, 2.24) is 0 Å². The monoisotopic (exact) mass is 1230 g/mol. The number of hydrogen-bond donors (Lipinski definition) is 0. The van der Waals surface area contributed by atoms with Gasteiger partial charge in [0.15, 0.2) is 17.3 Å². The highest BCUT2D eigenvalue weighted by Crippen LogP contribution is 2.36. The highest BCUT2D eigenvalue weighted by Gasteiger charge is 2.33. The van der Waals surface area contributed by atoms with Crippen LogP contribution in [-0.4, -0.2) is 72.6 Å². The van der Waals surface area contributed by atoms with Crippen molar-refractivity contribution in [2.75, 3.05) is 0 Å². The van der Waals surface area contributed by atoms with Gasteiger partial charge in [0.1, 0.15) is 18.3 Å². The molecule has 0 spiro atoms. The Bertz CT molecular complexity index is 2380. The Balaban J connectivity index is 1.55. The number of allylic oxidation sites excluding steroid dienone is 15. The summed E-state index contributed by atoms with van der Waals surface area (Å²) in [7, 11) is 0. The van der Waals surface area contributed by atoms with Crippen LogP contribution in [0.4, 0.5) is 39.5 Å². The maximum atomic E-state index is 13.2. The number of hydrogen-bond acceptors (Lipinski definition) is 9. The topological polar surface area (TPSA) is 130 Å². The lowest BCUT2D eigenvalue weighted by atomic mass is 9.95. The fraction of sp³-hybridized carbons (Fsp3) is 0.607. The van der Waals surface area contributed by atoms with Gasteiger partial charge < -0.3 is 14.2 Å². The first kappa shape index (κ1) is 71.6. The number of unbranched alkanes of at least 4 members (excludes halogenated alkanes) is 7. The van der Waals surface area contributed by atoms with E-state index in [9.17, 15) is 68.3 Å². The van der Waals surface area contributed by atoms with Gasteiger partial charge in [0.2, 0.25) is 0 Å². The molecule has 0 aliphatic heterocycles. The highest BCUT2D eigenvalue weighted by molar-refractivity contribution is 6.47. The molecule has 9 nitrogen and oxygen atoms in total. The fourth-order valence-electron chi connectivity index (χ4n) is 9.52. The Morgan fingerprint density at radius 1 is 0.488 bits per heavy atom. The molecule has 0 amide bonds. The number of ether oxygens (including phenoxy) is 3. The summed E-state index contributed by atoms with van der Waals surface area (Å²) in [6.07, 6.45) is 8.99. The molecule has 0 radical (unpaired) electrons. The van der Waals surface area contributed by atoms with Crippen LogP contribution in [0.15, 0.2) is 105 Å². The zero-order valence-electron chi connectivity index (χ0n) is 46.3. The third-order valence-electron chi connectivity index (χ3n) is 13.9. The summed E-state index contributed by atoms with van der Waals surface area (Å²) in [6, 6.07) is 0. The van der Waals surface area contributed by atoms with Gasteiger partial charge in [0.25, 0.3) is 6.47 Å². The van der Waals surface area contributed by atoms with Gasteiger partial charge in [-0.05, 0) is 109 Å². The molecule has 458 valence electrons. The Hall–Kier alpha value is -4.68. The van der Waals surface area contributed by atoms with E-state index in [1.165, 1.54) is 0 Å². The Morgan fingerprint density at radius 2 is 0.805 bits per heavy atom. The Morgan fingerprint density at radius 3 is 1.12 bits per heavy atom. The molecule has 3 aliphatic carbocycles. The summed E-state index contributed by atoms with van der Waals surface area (Å²) >= 11 is 18.6. The number of esters is 2. The minimum atomic E-state index is -4.37. The Labute approximate surface area is 490 Å². The van der Waals surface area contributed by atoms with Crippen LogP contribution in [-0.2, 0) is 43.0 Å². The molecule has 0 unspecified atom stereocenters. The van der Waals surface area contributed by atoms with Crippen LogP contribution in [0.5, 0.6) is 0 Å². The number of alkyl halides is 9. The minimum absolute atomic E-state index is 0.000907. The average Bonchev–Trinajstić information content (AvgIpc) is 4.02. The van der Waals surface area contributed by atoms with Crippen molar-refractivity contribution in [2.45, 2.75) is 217 Å². The molecule has 0 bridgehead atoms. The molecule has 82 heavy (non-hydrogen) atoms. The largest absolute Gasteiger partial charge is 0.464 e. The fourth-order valence-corrected chi connectivity index (χ4v) is 10.3. The van der Waals surface area contributed by atoms with Gasteiger partial charge in [-0.3, -0.25) is 28.8 Å². The van der Waals surface area contributed by atoms with Crippen molar-refractivity contribution < 1.29 is 82.5 Å². The van der Waals surface area contributed by atoms with Gasteiger partial charge in [-0.15, -0.1) is 0 Å². The van der Waals surface area contributed by atoms with Crippen LogP contribution in [0.3, 0.4) is 0 Å². The smallest absolute Gasteiger partial charge is 0.389 e. The lowest BCUT2D eigenvalue weighted by Gasteiger charge is -2.18. The number of carbonyl (C=O) groups excluding carboxylic acids is 6. The number of halogens is 12. The molecule has 0 aromatic carbocycles. The molecule has 0 aromatic heterocycles. The molecular weight excluding hydrogens is 1150 g/mol. The SMILES string of the molecule is CCCC/C=C\C[C@H]1C=C(Cl)C(=O)/C1=C/C[C@H](CCCCC(F)(F)F)OC(=O)CCC/C=C\C[C@H]1C=C(Cl)C(=O)/C1=C/C[C@H](CCCCC(F)(F)F)OC(=O)CCC/C=C\C[C@H]1C=C(Cl)C(=O)/C1=C/C[C@H](CCCCC(F)(F)F)OC=O. The summed E-state index contributed by atoms with van der Waals surface area (Å²) in [5.41, 5.74) is 1.14. The molecule has 0 saturated carbocycles. The molecule has 0 N–H and O–H groups in total. The summed E-state index contributed by atoms with van der Waals surface area (Å²) in [6.45, 7) is 2.30. The van der Waals surface area contributed by atoms with Crippen molar-refractivity contribution >= 4 is 70.6 Å². The number of ketones is 3. The number of rotatable bonds is 39. The summed E-state index contributed by atoms with van der Waals surface area (Å²) < 4.78 is 132. The standard InChI is InChI=1S/C61H76Cl3F9O9/c1-2-3-4-5-10-21-43-39-52(63)57(78)49(43)33-30-46(25-16-19-36-60(68,69)70)81-55(76)28-14-9-7-12-23-44-40-53(64)58(79)50(44)34-31-47(26-17-20-37-61(71,72)73)82-54(75)27-13-8-6-11-22-42-38-51(62)56(77)48(42)32-29-45(80-41-74)24-15-18-35-59(65,66)67/h5-7,10-12,32-34,38-47H,2-4,8-9,13-31,35-37H2,1H3/b10-5-,11-6-,12-7-,48-32+,49-33+,50-34+/t42-,43-,44-,45-,46-,47-/m0/s1. The lowest BCUT2D eigenvalue weighted by Crippen LogP contribution is -2.19. The van der Waals surface area contributed by atoms with E-state index in [2.05, 4.69) is 6.92 Å². The van der Waals surface area contributed by atoms with Crippen molar-refractivity contribution in [2.24, 2.45) is 17.8 Å². The molecule has 21 heteroatoms. The van der Waals surface area contributed by atoms with E-state index in [0.29, 0.717) is 61.7 Å². The van der Waals surface area contributed by atoms with Gasteiger partial charge in [0.05, 0.1) is 15.1 Å². The van der Waals surface area contributed by atoms with Gasteiger partial charge in [-0.2, -0.15) is 39.5 Å². The van der Waals surface area contributed by atoms with E-state index < -0.39 is 91.4 Å². The second-order valence-corrected chi connectivity index (χ2v) is 22.0. The molecule has 3 aliphatic rings. The van der Waals surface area contributed by atoms with Crippen molar-refractivity contribution in [3.05, 3.63) is 105 Å². The van der Waals surface area contributed by atoms with Crippen LogP contribution in [0, 0.1) is 17.8 Å². The van der Waals surface area contributed by atoms with Crippen LogP contribution in [0.2, 0.25) is 0 Å². The predicted molar refractivity (Wildman–Crippen MR) is 298 cm³/mol. The summed E-state index contributed by atoms with van der Waals surface area (Å²) in [4.78, 5) is 76.0. The zero-order valence-corrected chi connectivity index (χ0v) is 48.5. The third kappa shape index (κ3) is 29.7. The molecule has 6 atom stereocenters. The second-order valence-electron chi connectivity index (χ2n) is 20.7. The van der Waals surface area contributed by atoms with E-state index in [-0.39, 0.29) is 123 Å². The average molecular weight is 1230 g/mol. The molecular formula is C61H76Cl3F9O9. The van der Waals surface area contributed by atoms with E-state index in [1.807, 2.05) is 24.3 Å². The maximum Gasteiger partial charge on any atom is 0.389 e. The Kier molecular flexibility index (Phi) is 32.8. The first-order chi connectivity index (χ1) is 38.8. The second kappa shape index (κ2) is 37.6. The van der Waals surface area contributed by atoms with E-state index in [1.54, 1.807) is 48.6 Å². The molecule has 0 fully saturated rings.